The lowest BCUT2D eigenvalue weighted by Crippen LogP contribution is -2.14. The smallest absolute Gasteiger partial charge is 0.213 e. The molecule has 0 amide bonds. The van der Waals surface area contributed by atoms with Crippen LogP contribution in [0, 0.1) is 0 Å². The van der Waals surface area contributed by atoms with E-state index in [9.17, 15) is 0 Å². The average molecular weight is 288 g/mol. The predicted molar refractivity (Wildman–Crippen MR) is 66.6 cm³/mol. The van der Waals surface area contributed by atoms with Gasteiger partial charge in [-0.2, -0.15) is 0 Å². The van der Waals surface area contributed by atoms with Crippen LogP contribution in [0.3, 0.4) is 0 Å². The number of hydrogen-bond acceptors (Lipinski definition) is 3. The quantitative estimate of drug-likeness (QED) is 0.805. The molecule has 15 heavy (non-hydrogen) atoms. The Balaban J connectivity index is 2.71. The van der Waals surface area contributed by atoms with Crippen molar-refractivity contribution in [3.05, 3.63) is 15.3 Å². The first-order chi connectivity index (χ1) is 6.93. The Labute approximate surface area is 102 Å². The van der Waals surface area contributed by atoms with E-state index in [1.54, 1.807) is 11.3 Å². The SMILES string of the molecule is CCc1c(C(C)(C)C)nc2sc(Br)nn12. The molecule has 2 rings (SSSR count). The van der Waals surface area contributed by atoms with Gasteiger partial charge in [-0.3, -0.25) is 0 Å². The minimum absolute atomic E-state index is 0.0885. The van der Waals surface area contributed by atoms with E-state index in [4.69, 9.17) is 0 Å². The number of hydrogen-bond donors (Lipinski definition) is 0. The average Bonchev–Trinajstić information content (AvgIpc) is 2.58. The Morgan fingerprint density at radius 2 is 2.07 bits per heavy atom. The largest absolute Gasteiger partial charge is 0.222 e. The summed E-state index contributed by atoms with van der Waals surface area (Å²) in [5.74, 6) is 0. The fourth-order valence-electron chi connectivity index (χ4n) is 1.68. The Morgan fingerprint density at radius 1 is 1.40 bits per heavy atom. The maximum atomic E-state index is 4.66. The first kappa shape index (κ1) is 11.1. The van der Waals surface area contributed by atoms with Crippen LogP contribution in [-0.4, -0.2) is 14.6 Å². The summed E-state index contributed by atoms with van der Waals surface area (Å²) < 4.78 is 2.84. The summed E-state index contributed by atoms with van der Waals surface area (Å²) in [6.45, 7) is 8.71. The zero-order valence-electron chi connectivity index (χ0n) is 9.33. The molecule has 2 aromatic rings. The Hall–Kier alpha value is -0.420. The minimum Gasteiger partial charge on any atom is -0.222 e. The Morgan fingerprint density at radius 3 is 2.60 bits per heavy atom. The first-order valence-electron chi connectivity index (χ1n) is 4.98. The van der Waals surface area contributed by atoms with Gasteiger partial charge in [0.1, 0.15) is 0 Å². The van der Waals surface area contributed by atoms with Gasteiger partial charge < -0.3 is 0 Å². The van der Waals surface area contributed by atoms with Crippen LogP contribution < -0.4 is 0 Å². The number of imidazole rings is 1. The highest BCUT2D eigenvalue weighted by Gasteiger charge is 2.24. The summed E-state index contributed by atoms with van der Waals surface area (Å²) in [7, 11) is 0. The van der Waals surface area contributed by atoms with E-state index >= 15 is 0 Å². The highest BCUT2D eigenvalue weighted by atomic mass is 79.9. The van der Waals surface area contributed by atoms with Crippen LogP contribution in [0.15, 0.2) is 3.92 Å². The number of nitrogens with zero attached hydrogens (tertiary/aromatic N) is 3. The van der Waals surface area contributed by atoms with Gasteiger partial charge in [0, 0.05) is 5.41 Å². The molecule has 0 N–H and O–H groups in total. The van der Waals surface area contributed by atoms with Crippen molar-refractivity contribution in [2.45, 2.75) is 39.5 Å². The molecule has 0 fully saturated rings. The summed E-state index contributed by atoms with van der Waals surface area (Å²) in [6.07, 6.45) is 0.962. The van der Waals surface area contributed by atoms with Gasteiger partial charge in [0.25, 0.3) is 0 Å². The van der Waals surface area contributed by atoms with Gasteiger partial charge in [-0.1, -0.05) is 39.0 Å². The number of fused-ring (bicyclic) bond motifs is 1. The minimum atomic E-state index is 0.0885. The second kappa shape index (κ2) is 3.56. The predicted octanol–water partition coefficient (Wildman–Crippen LogP) is 3.41. The van der Waals surface area contributed by atoms with E-state index in [2.05, 4.69) is 53.7 Å². The molecule has 0 bridgehead atoms. The second-order valence-corrected chi connectivity index (χ2v) is 6.79. The Bertz CT molecular complexity index is 492. The van der Waals surface area contributed by atoms with Gasteiger partial charge in [-0.05, 0) is 22.4 Å². The lowest BCUT2D eigenvalue weighted by Gasteiger charge is -2.16. The van der Waals surface area contributed by atoms with Crippen LogP contribution >= 0.6 is 27.3 Å². The van der Waals surface area contributed by atoms with Crippen molar-refractivity contribution in [2.75, 3.05) is 0 Å². The summed E-state index contributed by atoms with van der Waals surface area (Å²) in [5, 5.41) is 4.41. The van der Waals surface area contributed by atoms with E-state index in [0.717, 1.165) is 21.0 Å². The second-order valence-electron chi connectivity index (χ2n) is 4.56. The third-order valence-corrected chi connectivity index (χ3v) is 3.66. The van der Waals surface area contributed by atoms with Crippen molar-refractivity contribution in [1.82, 2.24) is 14.6 Å². The number of halogens is 1. The van der Waals surface area contributed by atoms with Crippen molar-refractivity contribution >= 4 is 32.2 Å². The van der Waals surface area contributed by atoms with Crippen molar-refractivity contribution in [3.8, 4) is 0 Å². The molecule has 2 aromatic heterocycles. The van der Waals surface area contributed by atoms with E-state index in [-0.39, 0.29) is 5.41 Å². The molecule has 0 aromatic carbocycles. The molecular formula is C10H14BrN3S. The fraction of sp³-hybridized carbons (Fsp3) is 0.600. The first-order valence-corrected chi connectivity index (χ1v) is 6.59. The van der Waals surface area contributed by atoms with Crippen molar-refractivity contribution < 1.29 is 0 Å². The lowest BCUT2D eigenvalue weighted by atomic mass is 9.90. The molecule has 0 aliphatic rings. The van der Waals surface area contributed by atoms with Crippen LogP contribution in [0.4, 0.5) is 0 Å². The molecule has 0 unspecified atom stereocenters. The van der Waals surface area contributed by atoms with Crippen LogP contribution in [0.1, 0.15) is 39.1 Å². The molecule has 0 aliphatic heterocycles. The van der Waals surface area contributed by atoms with Gasteiger partial charge in [0.05, 0.1) is 11.4 Å². The van der Waals surface area contributed by atoms with E-state index in [0.29, 0.717) is 0 Å². The van der Waals surface area contributed by atoms with Gasteiger partial charge in [0.15, 0.2) is 3.92 Å². The van der Waals surface area contributed by atoms with Crippen molar-refractivity contribution in [1.29, 1.82) is 0 Å². The lowest BCUT2D eigenvalue weighted by molar-refractivity contribution is 0.563. The maximum absolute atomic E-state index is 4.66. The van der Waals surface area contributed by atoms with Gasteiger partial charge in [-0.15, -0.1) is 5.10 Å². The molecule has 0 atom stereocenters. The molecular weight excluding hydrogens is 274 g/mol. The highest BCUT2D eigenvalue weighted by Crippen LogP contribution is 2.29. The zero-order valence-corrected chi connectivity index (χ0v) is 11.7. The van der Waals surface area contributed by atoms with E-state index in [1.807, 2.05) is 4.52 Å². The van der Waals surface area contributed by atoms with Gasteiger partial charge >= 0.3 is 0 Å². The van der Waals surface area contributed by atoms with Gasteiger partial charge in [0.2, 0.25) is 4.96 Å². The van der Waals surface area contributed by atoms with Crippen LogP contribution in [0.25, 0.3) is 4.96 Å². The van der Waals surface area contributed by atoms with Crippen LogP contribution in [-0.2, 0) is 11.8 Å². The van der Waals surface area contributed by atoms with E-state index in [1.165, 1.54) is 5.69 Å². The summed E-state index contributed by atoms with van der Waals surface area (Å²) in [6, 6.07) is 0. The van der Waals surface area contributed by atoms with Crippen molar-refractivity contribution in [3.63, 3.8) is 0 Å². The highest BCUT2D eigenvalue weighted by molar-refractivity contribution is 9.11. The normalized spacial score (nSPS) is 12.6. The third-order valence-electron chi connectivity index (χ3n) is 2.32. The fourth-order valence-corrected chi connectivity index (χ4v) is 2.93. The maximum Gasteiger partial charge on any atom is 0.213 e. The molecule has 0 saturated carbocycles. The van der Waals surface area contributed by atoms with Crippen LogP contribution in [0.5, 0.6) is 0 Å². The molecule has 2 heterocycles. The number of rotatable bonds is 1. The third kappa shape index (κ3) is 1.83. The molecule has 0 saturated heterocycles. The monoisotopic (exact) mass is 287 g/mol. The summed E-state index contributed by atoms with van der Waals surface area (Å²) in [5.41, 5.74) is 2.47. The molecule has 3 nitrogen and oxygen atoms in total. The zero-order chi connectivity index (χ0) is 11.2. The molecule has 5 heteroatoms. The topological polar surface area (TPSA) is 30.2 Å². The van der Waals surface area contributed by atoms with Crippen LogP contribution in [0.2, 0.25) is 0 Å². The summed E-state index contributed by atoms with van der Waals surface area (Å²) in [4.78, 5) is 5.64. The number of aryl methyl sites for hydroxylation is 1. The Kier molecular flexibility index (Phi) is 2.63. The number of aromatic nitrogens is 3. The standard InChI is InChI=1S/C10H14BrN3S/c1-5-6-7(10(2,3)4)12-9-14(6)13-8(11)15-9/h5H2,1-4H3. The molecule has 0 aliphatic carbocycles. The molecule has 0 spiro atoms. The molecule has 82 valence electrons. The van der Waals surface area contributed by atoms with E-state index < -0.39 is 0 Å². The van der Waals surface area contributed by atoms with Gasteiger partial charge in [-0.25, -0.2) is 9.50 Å². The summed E-state index contributed by atoms with van der Waals surface area (Å²) >= 11 is 4.96. The van der Waals surface area contributed by atoms with Crippen molar-refractivity contribution in [2.24, 2.45) is 0 Å². The molecule has 0 radical (unpaired) electrons.